The van der Waals surface area contributed by atoms with Crippen molar-refractivity contribution < 1.29 is 22.3 Å². The van der Waals surface area contributed by atoms with Crippen LogP contribution < -0.4 is 9.50 Å². The standard InChI is InChI=1S/C22H12BrCl2N3O6S/c23-15-6-7-20(34-35(32,33)17-4-2-1-3-5-17)13(9-15)8-14(12-26)22(29)27-21-18(24)10-16(28(30)31)11-19(21)25/h1-11H,(H,27,29)/b14-8+. The fourth-order valence-electron chi connectivity index (χ4n) is 2.73. The average molecular weight is 597 g/mol. The molecule has 0 heterocycles. The minimum atomic E-state index is -4.20. The molecule has 1 amide bonds. The number of nitriles is 1. The lowest BCUT2D eigenvalue weighted by molar-refractivity contribution is -0.384. The zero-order valence-corrected chi connectivity index (χ0v) is 21.2. The molecular weight excluding hydrogens is 585 g/mol. The van der Waals surface area contributed by atoms with Gasteiger partial charge in [0.05, 0.1) is 20.7 Å². The van der Waals surface area contributed by atoms with E-state index in [1.807, 2.05) is 0 Å². The molecule has 35 heavy (non-hydrogen) atoms. The van der Waals surface area contributed by atoms with Gasteiger partial charge in [0.1, 0.15) is 22.3 Å². The van der Waals surface area contributed by atoms with Crippen LogP contribution in [0.2, 0.25) is 10.0 Å². The highest BCUT2D eigenvalue weighted by Gasteiger charge is 2.21. The second kappa shape index (κ2) is 10.9. The van der Waals surface area contributed by atoms with Gasteiger partial charge in [0, 0.05) is 22.2 Å². The highest BCUT2D eigenvalue weighted by molar-refractivity contribution is 9.10. The van der Waals surface area contributed by atoms with Crippen molar-refractivity contribution in [2.75, 3.05) is 5.32 Å². The molecule has 0 fully saturated rings. The predicted molar refractivity (Wildman–Crippen MR) is 134 cm³/mol. The monoisotopic (exact) mass is 595 g/mol. The van der Waals surface area contributed by atoms with Gasteiger partial charge in [-0.2, -0.15) is 13.7 Å². The van der Waals surface area contributed by atoms with Crippen LogP contribution in [0.15, 0.2) is 75.6 Å². The number of non-ortho nitro benzene ring substituents is 1. The van der Waals surface area contributed by atoms with E-state index in [2.05, 4.69) is 21.2 Å². The summed E-state index contributed by atoms with van der Waals surface area (Å²) < 4.78 is 31.1. The Morgan fingerprint density at radius 1 is 1.11 bits per heavy atom. The van der Waals surface area contributed by atoms with E-state index in [0.717, 1.165) is 18.2 Å². The lowest BCUT2D eigenvalue weighted by Gasteiger charge is -2.11. The maximum absolute atomic E-state index is 12.8. The third kappa shape index (κ3) is 6.37. The van der Waals surface area contributed by atoms with Crippen LogP contribution in [0.1, 0.15) is 5.56 Å². The number of carbonyl (C=O) groups excluding carboxylic acids is 1. The summed E-state index contributed by atoms with van der Waals surface area (Å²) in [6.07, 6.45) is 1.11. The zero-order valence-electron chi connectivity index (χ0n) is 17.2. The van der Waals surface area contributed by atoms with Gasteiger partial charge >= 0.3 is 10.1 Å². The summed E-state index contributed by atoms with van der Waals surface area (Å²) >= 11 is 15.3. The second-order valence-electron chi connectivity index (χ2n) is 6.70. The molecule has 0 unspecified atom stereocenters. The molecule has 0 saturated carbocycles. The number of hydrogen-bond acceptors (Lipinski definition) is 7. The highest BCUT2D eigenvalue weighted by atomic mass is 79.9. The number of carbonyl (C=O) groups is 1. The van der Waals surface area contributed by atoms with Crippen molar-refractivity contribution in [3.05, 3.63) is 96.4 Å². The van der Waals surface area contributed by atoms with E-state index in [1.165, 1.54) is 42.5 Å². The maximum atomic E-state index is 12.8. The van der Waals surface area contributed by atoms with Gasteiger partial charge in [0.2, 0.25) is 0 Å². The lowest BCUT2D eigenvalue weighted by atomic mass is 10.1. The summed E-state index contributed by atoms with van der Waals surface area (Å²) in [5.74, 6) is -1.08. The Labute approximate surface area is 217 Å². The molecule has 0 aliphatic carbocycles. The third-order valence-corrected chi connectivity index (χ3v) is 6.68. The minimum absolute atomic E-state index is 0.0847. The summed E-state index contributed by atoms with van der Waals surface area (Å²) in [5.41, 5.74) is -0.867. The second-order valence-corrected chi connectivity index (χ2v) is 9.97. The SMILES string of the molecule is N#C/C(=C\c1cc(Br)ccc1OS(=O)(=O)c1ccccc1)C(=O)Nc1c(Cl)cc([N+](=O)[O-])cc1Cl. The van der Waals surface area contributed by atoms with Crippen molar-refractivity contribution >= 4 is 72.6 Å². The molecule has 0 aromatic heterocycles. The van der Waals surface area contributed by atoms with Gasteiger partial charge in [0.15, 0.2) is 0 Å². The topological polar surface area (TPSA) is 139 Å². The van der Waals surface area contributed by atoms with E-state index in [-0.39, 0.29) is 37.6 Å². The van der Waals surface area contributed by atoms with Crippen molar-refractivity contribution in [1.82, 2.24) is 0 Å². The Bertz CT molecular complexity index is 1480. The van der Waals surface area contributed by atoms with E-state index >= 15 is 0 Å². The smallest absolute Gasteiger partial charge is 0.339 e. The Morgan fingerprint density at radius 2 is 1.74 bits per heavy atom. The van der Waals surface area contributed by atoms with Gasteiger partial charge < -0.3 is 9.50 Å². The van der Waals surface area contributed by atoms with E-state index in [4.69, 9.17) is 27.4 Å². The van der Waals surface area contributed by atoms with E-state index < -0.39 is 26.5 Å². The first-order valence-corrected chi connectivity index (χ1v) is 12.3. The number of nitro groups is 1. The van der Waals surface area contributed by atoms with E-state index in [0.29, 0.717) is 4.47 Å². The zero-order chi connectivity index (χ0) is 25.8. The fraction of sp³-hybridized carbons (Fsp3) is 0. The largest absolute Gasteiger partial charge is 0.378 e. The van der Waals surface area contributed by atoms with Crippen molar-refractivity contribution in [2.45, 2.75) is 4.90 Å². The molecule has 13 heteroatoms. The first-order chi connectivity index (χ1) is 16.5. The Kier molecular flexibility index (Phi) is 8.14. The maximum Gasteiger partial charge on any atom is 0.339 e. The van der Waals surface area contributed by atoms with Crippen LogP contribution >= 0.6 is 39.1 Å². The Hall–Kier alpha value is -3.43. The summed E-state index contributed by atoms with van der Waals surface area (Å²) in [7, 11) is -4.20. The van der Waals surface area contributed by atoms with E-state index in [1.54, 1.807) is 12.1 Å². The average Bonchev–Trinajstić information content (AvgIpc) is 2.81. The van der Waals surface area contributed by atoms with Crippen LogP contribution in [0, 0.1) is 21.4 Å². The number of hydrogen-bond donors (Lipinski definition) is 1. The number of nitrogens with zero attached hydrogens (tertiary/aromatic N) is 2. The summed E-state index contributed by atoms with van der Waals surface area (Å²) in [4.78, 5) is 22.9. The molecular formula is C22H12BrCl2N3O6S. The molecule has 0 aliphatic heterocycles. The van der Waals surface area contributed by atoms with Crippen molar-refractivity contribution in [1.29, 1.82) is 5.26 Å². The molecule has 0 spiro atoms. The van der Waals surface area contributed by atoms with Gasteiger partial charge in [-0.1, -0.05) is 57.3 Å². The van der Waals surface area contributed by atoms with Gasteiger partial charge in [0.25, 0.3) is 11.6 Å². The Balaban J connectivity index is 1.96. The van der Waals surface area contributed by atoms with Gasteiger partial charge in [-0.25, -0.2) is 0 Å². The summed E-state index contributed by atoms with van der Waals surface area (Å²) in [6.45, 7) is 0. The molecule has 3 rings (SSSR count). The number of nitrogens with one attached hydrogen (secondary N) is 1. The van der Waals surface area contributed by atoms with Crippen LogP contribution in [0.25, 0.3) is 6.08 Å². The molecule has 0 bridgehead atoms. The first kappa shape index (κ1) is 26.2. The van der Waals surface area contributed by atoms with Crippen LogP contribution in [-0.4, -0.2) is 19.2 Å². The minimum Gasteiger partial charge on any atom is -0.378 e. The fourth-order valence-corrected chi connectivity index (χ4v) is 4.65. The van der Waals surface area contributed by atoms with Crippen molar-refractivity contribution in [3.8, 4) is 11.8 Å². The normalized spacial score (nSPS) is 11.4. The molecule has 3 aromatic rings. The van der Waals surface area contributed by atoms with E-state index in [9.17, 15) is 28.6 Å². The number of nitro benzene ring substituents is 1. The number of benzene rings is 3. The first-order valence-electron chi connectivity index (χ1n) is 9.37. The van der Waals surface area contributed by atoms with Crippen LogP contribution in [0.4, 0.5) is 11.4 Å². The van der Waals surface area contributed by atoms with Crippen molar-refractivity contribution in [3.63, 3.8) is 0 Å². The molecule has 0 radical (unpaired) electrons. The summed E-state index contributed by atoms with van der Waals surface area (Å²) in [6, 6.07) is 15.5. The summed E-state index contributed by atoms with van der Waals surface area (Å²) in [5, 5.41) is 22.4. The van der Waals surface area contributed by atoms with Crippen molar-refractivity contribution in [2.24, 2.45) is 0 Å². The number of anilines is 1. The lowest BCUT2D eigenvalue weighted by Crippen LogP contribution is -2.14. The molecule has 0 aliphatic rings. The number of rotatable bonds is 7. The molecule has 178 valence electrons. The Morgan fingerprint density at radius 3 is 2.31 bits per heavy atom. The number of amides is 1. The molecule has 0 saturated heterocycles. The van der Waals surface area contributed by atoms with Gasteiger partial charge in [-0.05, 0) is 36.4 Å². The number of halogens is 3. The predicted octanol–water partition coefficient (Wildman–Crippen LogP) is 5.98. The molecule has 0 atom stereocenters. The third-order valence-electron chi connectivity index (χ3n) is 4.34. The van der Waals surface area contributed by atoms with Crippen LogP contribution in [0.5, 0.6) is 5.75 Å². The van der Waals surface area contributed by atoms with Crippen LogP contribution in [0.3, 0.4) is 0 Å². The van der Waals surface area contributed by atoms with Crippen LogP contribution in [-0.2, 0) is 14.9 Å². The molecule has 1 N–H and O–H groups in total. The highest BCUT2D eigenvalue weighted by Crippen LogP contribution is 2.35. The molecule has 9 nitrogen and oxygen atoms in total. The molecule has 3 aromatic carbocycles. The quantitative estimate of drug-likeness (QED) is 0.116. The van der Waals surface area contributed by atoms with Gasteiger partial charge in [-0.3, -0.25) is 14.9 Å². The van der Waals surface area contributed by atoms with Gasteiger partial charge in [-0.15, -0.1) is 0 Å².